The van der Waals surface area contributed by atoms with Crippen LogP contribution in [0.3, 0.4) is 0 Å². The molecule has 1 rings (SSSR count). The Morgan fingerprint density at radius 3 is 1.76 bits per heavy atom. The number of nitrogens with two attached hydrogens (primary N) is 1. The lowest BCUT2D eigenvalue weighted by Crippen LogP contribution is -2.06. The van der Waals surface area contributed by atoms with Crippen molar-refractivity contribution in [3.8, 4) is 0 Å². The summed E-state index contributed by atoms with van der Waals surface area (Å²) in [5, 5.41) is 16.3. The Morgan fingerprint density at radius 2 is 1.53 bits per heavy atom. The molecule has 0 atom stereocenters. The highest BCUT2D eigenvalue weighted by molar-refractivity contribution is 5.92. The van der Waals surface area contributed by atoms with Gasteiger partial charge >= 0.3 is 11.9 Å². The highest BCUT2D eigenvalue weighted by atomic mass is 16.4. The predicted molar refractivity (Wildman–Crippen MR) is 59.4 cm³/mol. The summed E-state index contributed by atoms with van der Waals surface area (Å²) in [5.41, 5.74) is 4.88. The van der Waals surface area contributed by atoms with Gasteiger partial charge in [-0.3, -0.25) is 4.79 Å². The van der Waals surface area contributed by atoms with Crippen LogP contribution in [0.4, 0.5) is 0 Å². The Hall–Kier alpha value is -2.63. The highest BCUT2D eigenvalue weighted by Crippen LogP contribution is 1.96. The number of primary amides is 1. The van der Waals surface area contributed by atoms with Crippen molar-refractivity contribution in [1.29, 1.82) is 0 Å². The Morgan fingerprint density at radius 1 is 1.00 bits per heavy atom. The van der Waals surface area contributed by atoms with Gasteiger partial charge in [0.1, 0.15) is 0 Å². The molecule has 17 heavy (non-hydrogen) atoms. The molecule has 90 valence electrons. The minimum absolute atomic E-state index is 0.331. The Kier molecular flexibility index (Phi) is 6.45. The summed E-state index contributed by atoms with van der Waals surface area (Å²) in [6.45, 7) is 0. The molecule has 0 aliphatic rings. The van der Waals surface area contributed by atoms with E-state index in [-0.39, 0.29) is 0 Å². The smallest absolute Gasteiger partial charge is 0.335 e. The van der Waals surface area contributed by atoms with E-state index in [9.17, 15) is 14.4 Å². The van der Waals surface area contributed by atoms with Crippen molar-refractivity contribution < 1.29 is 24.6 Å². The number of hydrogen-bond donors (Lipinski definition) is 3. The lowest BCUT2D eigenvalue weighted by molar-refractivity contribution is -0.131. The fourth-order valence-electron chi connectivity index (χ4n) is 0.734. The molecule has 0 saturated heterocycles. The van der Waals surface area contributed by atoms with Crippen molar-refractivity contribution in [2.45, 2.75) is 0 Å². The van der Waals surface area contributed by atoms with Gasteiger partial charge in [0.2, 0.25) is 5.91 Å². The summed E-state index contributed by atoms with van der Waals surface area (Å²) in [6, 6.07) is 8.30. The molecule has 0 radical (unpaired) electrons. The number of aromatic carboxylic acids is 1. The van der Waals surface area contributed by atoms with Crippen LogP contribution in [0.1, 0.15) is 10.4 Å². The first-order valence-electron chi connectivity index (χ1n) is 4.42. The van der Waals surface area contributed by atoms with Crippen LogP contribution >= 0.6 is 0 Å². The maximum atomic E-state index is 10.2. The van der Waals surface area contributed by atoms with E-state index in [2.05, 4.69) is 5.73 Å². The molecule has 6 heteroatoms. The van der Waals surface area contributed by atoms with Gasteiger partial charge in [-0.25, -0.2) is 9.59 Å². The molecule has 0 saturated carbocycles. The third-order valence-electron chi connectivity index (χ3n) is 1.41. The van der Waals surface area contributed by atoms with Gasteiger partial charge < -0.3 is 15.9 Å². The molecule has 1 aromatic carbocycles. The number of carbonyl (C=O) groups is 3. The lowest BCUT2D eigenvalue weighted by Gasteiger charge is -1.88. The average Bonchev–Trinajstić information content (AvgIpc) is 2.28. The molecule has 4 N–H and O–H groups in total. The third-order valence-corrected chi connectivity index (χ3v) is 1.41. The summed E-state index contributed by atoms with van der Waals surface area (Å²) < 4.78 is 0. The number of benzene rings is 1. The van der Waals surface area contributed by atoms with Gasteiger partial charge in [0, 0.05) is 12.2 Å². The Labute approximate surface area is 97.0 Å². The molecule has 0 aliphatic heterocycles. The predicted octanol–water partition coefficient (Wildman–Crippen LogP) is 0.497. The van der Waals surface area contributed by atoms with Gasteiger partial charge in [-0.15, -0.1) is 0 Å². The number of aliphatic carboxylic acids is 1. The largest absolute Gasteiger partial charge is 0.478 e. The number of hydrogen-bond acceptors (Lipinski definition) is 3. The maximum absolute atomic E-state index is 10.2. The second-order valence-electron chi connectivity index (χ2n) is 2.75. The molecule has 1 amide bonds. The summed E-state index contributed by atoms with van der Waals surface area (Å²) in [4.78, 5) is 29.6. The summed E-state index contributed by atoms with van der Waals surface area (Å²) in [6.07, 6.45) is 1.46. The van der Waals surface area contributed by atoms with Gasteiger partial charge in [-0.05, 0) is 12.1 Å². The molecule has 6 nitrogen and oxygen atoms in total. The molecule has 0 spiro atoms. The monoisotopic (exact) mass is 237 g/mol. The molecule has 0 heterocycles. The first-order chi connectivity index (χ1) is 7.93. The molecule has 0 aliphatic carbocycles. The minimum Gasteiger partial charge on any atom is -0.478 e. The quantitative estimate of drug-likeness (QED) is 0.661. The van der Waals surface area contributed by atoms with Crippen LogP contribution in [-0.2, 0) is 9.59 Å². The van der Waals surface area contributed by atoms with Crippen LogP contribution in [-0.4, -0.2) is 28.1 Å². The van der Waals surface area contributed by atoms with E-state index in [1.54, 1.807) is 30.3 Å². The van der Waals surface area contributed by atoms with Gasteiger partial charge in [0.15, 0.2) is 0 Å². The number of carbonyl (C=O) groups excluding carboxylic acids is 1. The van der Waals surface area contributed by atoms with Crippen LogP contribution in [0.2, 0.25) is 0 Å². The molecule has 0 bridgehead atoms. The fourth-order valence-corrected chi connectivity index (χ4v) is 0.734. The van der Waals surface area contributed by atoms with E-state index in [4.69, 9.17) is 10.2 Å². The molecule has 0 unspecified atom stereocenters. The van der Waals surface area contributed by atoms with E-state index in [1.807, 2.05) is 0 Å². The zero-order valence-electron chi connectivity index (χ0n) is 8.74. The van der Waals surface area contributed by atoms with Gasteiger partial charge in [-0.2, -0.15) is 0 Å². The summed E-state index contributed by atoms with van der Waals surface area (Å²) in [5.74, 6) is -2.81. The van der Waals surface area contributed by atoms with Crippen LogP contribution in [0, 0.1) is 0 Å². The normalized spacial score (nSPS) is 9.18. The van der Waals surface area contributed by atoms with Crippen LogP contribution in [0.15, 0.2) is 42.5 Å². The minimum atomic E-state index is -1.18. The van der Waals surface area contributed by atoms with Gasteiger partial charge in [-0.1, -0.05) is 18.2 Å². The van der Waals surface area contributed by atoms with Crippen LogP contribution < -0.4 is 5.73 Å². The maximum Gasteiger partial charge on any atom is 0.335 e. The van der Waals surface area contributed by atoms with Crippen molar-refractivity contribution in [3.63, 3.8) is 0 Å². The van der Waals surface area contributed by atoms with Gasteiger partial charge in [0.05, 0.1) is 5.56 Å². The molecular weight excluding hydrogens is 226 g/mol. The number of rotatable bonds is 3. The van der Waals surface area contributed by atoms with Crippen LogP contribution in [0.25, 0.3) is 0 Å². The van der Waals surface area contributed by atoms with E-state index in [0.717, 1.165) is 6.08 Å². The van der Waals surface area contributed by atoms with E-state index in [0.29, 0.717) is 11.6 Å². The van der Waals surface area contributed by atoms with Crippen LogP contribution in [0.5, 0.6) is 0 Å². The highest BCUT2D eigenvalue weighted by Gasteiger charge is 1.96. The lowest BCUT2D eigenvalue weighted by atomic mass is 10.2. The number of amides is 1. The molecule has 0 aromatic heterocycles. The second-order valence-corrected chi connectivity index (χ2v) is 2.75. The first kappa shape index (κ1) is 14.4. The zero-order chi connectivity index (χ0) is 13.3. The average molecular weight is 237 g/mol. The van der Waals surface area contributed by atoms with Crippen molar-refractivity contribution in [3.05, 3.63) is 48.0 Å². The third kappa shape index (κ3) is 8.37. The Balaban J connectivity index is 0.000000304. The second kappa shape index (κ2) is 7.63. The summed E-state index contributed by atoms with van der Waals surface area (Å²) >= 11 is 0. The van der Waals surface area contributed by atoms with Gasteiger partial charge in [0.25, 0.3) is 0 Å². The van der Waals surface area contributed by atoms with Crippen molar-refractivity contribution in [1.82, 2.24) is 0 Å². The first-order valence-corrected chi connectivity index (χ1v) is 4.42. The van der Waals surface area contributed by atoms with Crippen molar-refractivity contribution in [2.75, 3.05) is 0 Å². The molecule has 0 fully saturated rings. The molecular formula is C11H11NO5. The number of carboxylic acid groups (broad SMARTS) is 2. The van der Waals surface area contributed by atoms with E-state index < -0.39 is 17.8 Å². The van der Waals surface area contributed by atoms with Crippen molar-refractivity contribution >= 4 is 17.8 Å². The molecule has 1 aromatic rings. The van der Waals surface area contributed by atoms with E-state index >= 15 is 0 Å². The standard InChI is InChI=1S/C7H6O2.C4H5NO3/c8-7(9)6-4-2-1-3-5-6;5-3(6)1-2-4(7)8/h1-5H,(H,8,9);1-2H,(H2,5,6)(H,7,8)/b;2-1-. The fraction of sp³-hybridized carbons (Fsp3) is 0. The number of carboxylic acids is 2. The van der Waals surface area contributed by atoms with E-state index in [1.165, 1.54) is 0 Å². The summed E-state index contributed by atoms with van der Waals surface area (Å²) in [7, 11) is 0. The SMILES string of the molecule is NC(=O)/C=C\C(=O)O.O=C(O)c1ccccc1. The zero-order valence-corrected chi connectivity index (χ0v) is 8.74. The topological polar surface area (TPSA) is 118 Å². The Bertz CT molecular complexity index is 409. The van der Waals surface area contributed by atoms with Crippen molar-refractivity contribution in [2.24, 2.45) is 5.73 Å².